The van der Waals surface area contributed by atoms with Crippen LogP contribution in [0.4, 0.5) is 0 Å². The molecular formula is C15H28N4. The number of aryl methyl sites for hydroxylation is 1. The number of rotatable bonds is 5. The Morgan fingerprint density at radius 2 is 2.26 bits per heavy atom. The Morgan fingerprint density at radius 3 is 2.95 bits per heavy atom. The highest BCUT2D eigenvalue weighted by atomic mass is 15.2. The number of aromatic nitrogens is 2. The fourth-order valence-electron chi connectivity index (χ4n) is 2.94. The molecule has 1 aliphatic rings. The summed E-state index contributed by atoms with van der Waals surface area (Å²) >= 11 is 0. The predicted molar refractivity (Wildman–Crippen MR) is 79.3 cm³/mol. The van der Waals surface area contributed by atoms with Gasteiger partial charge in [0.25, 0.3) is 0 Å². The quantitative estimate of drug-likeness (QED) is 0.883. The Bertz CT molecular complexity index is 374. The van der Waals surface area contributed by atoms with E-state index in [9.17, 15) is 0 Å². The zero-order valence-corrected chi connectivity index (χ0v) is 12.6. The molecule has 0 saturated carbocycles. The smallest absolute Gasteiger partial charge is 0.105 e. The van der Waals surface area contributed by atoms with Crippen molar-refractivity contribution in [2.75, 3.05) is 19.6 Å². The van der Waals surface area contributed by atoms with Crippen molar-refractivity contribution in [3.63, 3.8) is 0 Å². The second-order valence-corrected chi connectivity index (χ2v) is 5.74. The first-order valence-corrected chi connectivity index (χ1v) is 7.66. The SMILES string of the molecule is CCCC1CN(CCn2ccnc2C)C(C)CCN1. The lowest BCUT2D eigenvalue weighted by molar-refractivity contribution is 0.194. The Morgan fingerprint density at radius 1 is 1.42 bits per heavy atom. The summed E-state index contributed by atoms with van der Waals surface area (Å²) in [6, 6.07) is 1.34. The fraction of sp³-hybridized carbons (Fsp3) is 0.800. The number of nitrogens with one attached hydrogen (secondary N) is 1. The van der Waals surface area contributed by atoms with Crippen molar-refractivity contribution >= 4 is 0 Å². The van der Waals surface area contributed by atoms with Crippen LogP contribution < -0.4 is 5.32 Å². The molecule has 1 aromatic heterocycles. The van der Waals surface area contributed by atoms with Crippen LogP contribution in [0, 0.1) is 6.92 Å². The van der Waals surface area contributed by atoms with Crippen molar-refractivity contribution in [2.24, 2.45) is 0 Å². The predicted octanol–water partition coefficient (Wildman–Crippen LogP) is 2.04. The van der Waals surface area contributed by atoms with Crippen molar-refractivity contribution in [3.8, 4) is 0 Å². The minimum absolute atomic E-state index is 0.666. The van der Waals surface area contributed by atoms with Gasteiger partial charge in [-0.05, 0) is 33.2 Å². The van der Waals surface area contributed by atoms with Gasteiger partial charge in [0, 0.05) is 44.1 Å². The summed E-state index contributed by atoms with van der Waals surface area (Å²) < 4.78 is 2.25. The molecule has 0 bridgehead atoms. The highest BCUT2D eigenvalue weighted by Gasteiger charge is 2.21. The second kappa shape index (κ2) is 7.06. The molecule has 4 heteroatoms. The normalized spacial score (nSPS) is 25.4. The largest absolute Gasteiger partial charge is 0.334 e. The molecule has 0 aromatic carbocycles. The van der Waals surface area contributed by atoms with Crippen LogP contribution in [-0.4, -0.2) is 46.2 Å². The van der Waals surface area contributed by atoms with E-state index in [1.165, 1.54) is 25.8 Å². The zero-order chi connectivity index (χ0) is 13.7. The molecule has 1 aromatic rings. The van der Waals surface area contributed by atoms with E-state index in [-0.39, 0.29) is 0 Å². The van der Waals surface area contributed by atoms with E-state index >= 15 is 0 Å². The summed E-state index contributed by atoms with van der Waals surface area (Å²) in [7, 11) is 0. The summed E-state index contributed by atoms with van der Waals surface area (Å²) in [6.07, 6.45) is 7.78. The molecule has 2 heterocycles. The average Bonchev–Trinajstić information content (AvgIpc) is 2.71. The maximum Gasteiger partial charge on any atom is 0.105 e. The summed E-state index contributed by atoms with van der Waals surface area (Å²) in [5.74, 6) is 1.12. The van der Waals surface area contributed by atoms with Gasteiger partial charge in [-0.15, -0.1) is 0 Å². The van der Waals surface area contributed by atoms with Crippen LogP contribution in [0.3, 0.4) is 0 Å². The molecule has 2 rings (SSSR count). The zero-order valence-electron chi connectivity index (χ0n) is 12.6. The third-order valence-corrected chi connectivity index (χ3v) is 4.26. The number of imidazole rings is 1. The molecule has 4 nitrogen and oxygen atoms in total. The third-order valence-electron chi connectivity index (χ3n) is 4.26. The lowest BCUT2D eigenvalue weighted by Gasteiger charge is -2.29. The first-order valence-electron chi connectivity index (χ1n) is 7.66. The number of nitrogens with zero attached hydrogens (tertiary/aromatic N) is 3. The van der Waals surface area contributed by atoms with E-state index < -0.39 is 0 Å². The summed E-state index contributed by atoms with van der Waals surface area (Å²) in [5.41, 5.74) is 0. The first kappa shape index (κ1) is 14.5. The highest BCUT2D eigenvalue weighted by Crippen LogP contribution is 2.12. The summed E-state index contributed by atoms with van der Waals surface area (Å²) in [5, 5.41) is 3.69. The molecule has 2 unspecified atom stereocenters. The van der Waals surface area contributed by atoms with Gasteiger partial charge in [-0.2, -0.15) is 0 Å². The first-order chi connectivity index (χ1) is 9.20. The Hall–Kier alpha value is -0.870. The molecule has 0 radical (unpaired) electrons. The topological polar surface area (TPSA) is 33.1 Å². The minimum Gasteiger partial charge on any atom is -0.334 e. The third kappa shape index (κ3) is 4.05. The van der Waals surface area contributed by atoms with E-state index in [2.05, 4.69) is 46.7 Å². The Kier molecular flexibility index (Phi) is 5.40. The van der Waals surface area contributed by atoms with Crippen LogP contribution in [-0.2, 0) is 6.54 Å². The maximum atomic E-state index is 4.29. The van der Waals surface area contributed by atoms with E-state index in [1.807, 2.05) is 6.20 Å². The minimum atomic E-state index is 0.666. The molecule has 0 aliphatic carbocycles. The van der Waals surface area contributed by atoms with Crippen molar-refractivity contribution in [1.29, 1.82) is 0 Å². The van der Waals surface area contributed by atoms with Crippen LogP contribution in [0.2, 0.25) is 0 Å². The molecular weight excluding hydrogens is 236 g/mol. The van der Waals surface area contributed by atoms with Gasteiger partial charge in [0.2, 0.25) is 0 Å². The van der Waals surface area contributed by atoms with Crippen LogP contribution in [0.25, 0.3) is 0 Å². The van der Waals surface area contributed by atoms with Gasteiger partial charge in [0.1, 0.15) is 5.82 Å². The highest BCUT2D eigenvalue weighted by molar-refractivity contribution is 4.89. The molecule has 1 fully saturated rings. The van der Waals surface area contributed by atoms with Gasteiger partial charge in [0.15, 0.2) is 0 Å². The van der Waals surface area contributed by atoms with Gasteiger partial charge >= 0.3 is 0 Å². The molecule has 0 amide bonds. The van der Waals surface area contributed by atoms with Gasteiger partial charge in [-0.3, -0.25) is 4.90 Å². The molecule has 108 valence electrons. The van der Waals surface area contributed by atoms with Gasteiger partial charge in [-0.25, -0.2) is 4.98 Å². The molecule has 1 aliphatic heterocycles. The lowest BCUT2D eigenvalue weighted by Crippen LogP contribution is -2.41. The lowest BCUT2D eigenvalue weighted by atomic mass is 10.1. The molecule has 19 heavy (non-hydrogen) atoms. The standard InChI is InChI=1S/C15H28N4/c1-4-5-15-12-19(13(2)6-7-17-15)11-10-18-9-8-16-14(18)3/h8-9,13,15,17H,4-7,10-12H2,1-3H3. The molecule has 1 N–H and O–H groups in total. The number of hydrogen-bond acceptors (Lipinski definition) is 3. The van der Waals surface area contributed by atoms with Crippen LogP contribution in [0.15, 0.2) is 12.4 Å². The van der Waals surface area contributed by atoms with Crippen LogP contribution in [0.1, 0.15) is 38.9 Å². The fourth-order valence-corrected chi connectivity index (χ4v) is 2.94. The molecule has 0 spiro atoms. The van der Waals surface area contributed by atoms with E-state index in [0.717, 1.165) is 25.5 Å². The summed E-state index contributed by atoms with van der Waals surface area (Å²) in [6.45, 7) is 11.2. The average molecular weight is 264 g/mol. The maximum absolute atomic E-state index is 4.29. The van der Waals surface area contributed by atoms with Crippen molar-refractivity contribution in [2.45, 2.75) is 58.7 Å². The van der Waals surface area contributed by atoms with Crippen molar-refractivity contribution in [3.05, 3.63) is 18.2 Å². The monoisotopic (exact) mass is 264 g/mol. The van der Waals surface area contributed by atoms with Gasteiger partial charge < -0.3 is 9.88 Å². The van der Waals surface area contributed by atoms with Crippen molar-refractivity contribution < 1.29 is 0 Å². The van der Waals surface area contributed by atoms with E-state index in [4.69, 9.17) is 0 Å². The Balaban J connectivity index is 1.90. The van der Waals surface area contributed by atoms with E-state index in [0.29, 0.717) is 12.1 Å². The second-order valence-electron chi connectivity index (χ2n) is 5.74. The molecule has 1 saturated heterocycles. The van der Waals surface area contributed by atoms with Gasteiger partial charge in [0.05, 0.1) is 0 Å². The van der Waals surface area contributed by atoms with E-state index in [1.54, 1.807) is 0 Å². The number of hydrogen-bond donors (Lipinski definition) is 1. The van der Waals surface area contributed by atoms with Crippen molar-refractivity contribution in [1.82, 2.24) is 19.8 Å². The Labute approximate surface area is 117 Å². The summed E-state index contributed by atoms with van der Waals surface area (Å²) in [4.78, 5) is 6.93. The van der Waals surface area contributed by atoms with Crippen LogP contribution in [0.5, 0.6) is 0 Å². The van der Waals surface area contributed by atoms with Gasteiger partial charge in [-0.1, -0.05) is 13.3 Å². The van der Waals surface area contributed by atoms with Crippen LogP contribution >= 0.6 is 0 Å². The molecule has 2 atom stereocenters.